The highest BCUT2D eigenvalue weighted by molar-refractivity contribution is 5.88. The highest BCUT2D eigenvalue weighted by Crippen LogP contribution is 2.68. The number of carbonyl (C=O) groups is 3. The van der Waals surface area contributed by atoms with E-state index in [0.29, 0.717) is 44.4 Å². The quantitative estimate of drug-likeness (QED) is 0.305. The summed E-state index contributed by atoms with van der Waals surface area (Å²) >= 11 is 0. The molecule has 212 valence electrons. The van der Waals surface area contributed by atoms with Gasteiger partial charge in [0.05, 0.1) is 11.5 Å². The van der Waals surface area contributed by atoms with Crippen molar-refractivity contribution in [2.45, 2.75) is 112 Å². The fraction of sp³-hybridized carbons (Fsp3) is 0.781. The molecular formula is C32H48O6. The van der Waals surface area contributed by atoms with Gasteiger partial charge in [-0.1, -0.05) is 57.9 Å². The van der Waals surface area contributed by atoms with Crippen molar-refractivity contribution in [2.24, 2.45) is 45.8 Å². The molecule has 0 aliphatic heterocycles. The third-order valence-electron chi connectivity index (χ3n) is 11.7. The standard InChI is InChI=1S/C32H48O6/c1-17(2)18(3)9-10-19(4)22-15-24(34)28-21-11-12-25-30(6,14-13-26(35)32(25,8)29(36)37)23(21)16-27(31(22,28)7)38-20(5)33/h17,19,22,25-28,35H,3,9-16H2,1-2,4-8H3,(H,36,37)/t19-,22+,25-,26+,27-,28-,30-,31-,32-/m1/s1. The van der Waals surface area contributed by atoms with Gasteiger partial charge in [0.1, 0.15) is 11.9 Å². The second kappa shape index (κ2) is 9.91. The lowest BCUT2D eigenvalue weighted by Gasteiger charge is -2.60. The van der Waals surface area contributed by atoms with Gasteiger partial charge in [-0.2, -0.15) is 0 Å². The Morgan fingerprint density at radius 1 is 1.13 bits per heavy atom. The SMILES string of the molecule is C=C(CC[C@@H](C)[C@@H]1CC(=O)[C@H]2C3=C(C[C@@H](OC(C)=O)[C@]21C)[C@@]1(C)CC[C@H](O)[C@](C)(C(=O)O)[C@@H]1CC3)C(C)C. The van der Waals surface area contributed by atoms with Crippen LogP contribution >= 0.6 is 0 Å². The van der Waals surface area contributed by atoms with E-state index in [1.165, 1.54) is 18.1 Å². The molecule has 4 aliphatic rings. The molecule has 6 nitrogen and oxygen atoms in total. The van der Waals surface area contributed by atoms with E-state index in [4.69, 9.17) is 4.74 Å². The maximum absolute atomic E-state index is 13.9. The van der Waals surface area contributed by atoms with Gasteiger partial charge in [0.25, 0.3) is 0 Å². The molecule has 0 radical (unpaired) electrons. The van der Waals surface area contributed by atoms with E-state index in [-0.39, 0.29) is 35.4 Å². The van der Waals surface area contributed by atoms with Gasteiger partial charge in [-0.25, -0.2) is 0 Å². The Hall–Kier alpha value is -1.95. The number of fused-ring (bicyclic) bond motifs is 4. The van der Waals surface area contributed by atoms with Crippen LogP contribution in [0.4, 0.5) is 0 Å². The topological polar surface area (TPSA) is 101 Å². The van der Waals surface area contributed by atoms with Crippen LogP contribution in [0, 0.1) is 45.8 Å². The Morgan fingerprint density at radius 2 is 1.79 bits per heavy atom. The predicted octanol–water partition coefficient (Wildman–Crippen LogP) is 6.12. The van der Waals surface area contributed by atoms with E-state index in [9.17, 15) is 24.6 Å². The van der Waals surface area contributed by atoms with Gasteiger partial charge >= 0.3 is 11.9 Å². The van der Waals surface area contributed by atoms with Crippen LogP contribution in [0.3, 0.4) is 0 Å². The van der Waals surface area contributed by atoms with Gasteiger partial charge in [-0.3, -0.25) is 14.4 Å². The first-order chi connectivity index (χ1) is 17.6. The number of rotatable bonds is 7. The molecule has 0 aromatic heterocycles. The van der Waals surface area contributed by atoms with E-state index in [1.807, 2.05) is 0 Å². The number of aliphatic hydroxyl groups excluding tert-OH is 1. The molecule has 0 saturated heterocycles. The first-order valence-corrected chi connectivity index (χ1v) is 14.6. The lowest BCUT2D eigenvalue weighted by atomic mass is 9.45. The van der Waals surface area contributed by atoms with Crippen molar-refractivity contribution < 1.29 is 29.3 Å². The second-order valence-electron chi connectivity index (χ2n) is 13.9. The smallest absolute Gasteiger partial charge is 0.312 e. The molecule has 4 aliphatic carbocycles. The van der Waals surface area contributed by atoms with Crippen molar-refractivity contribution >= 4 is 17.7 Å². The number of hydrogen-bond donors (Lipinski definition) is 2. The van der Waals surface area contributed by atoms with E-state index in [2.05, 4.69) is 41.2 Å². The molecular weight excluding hydrogens is 480 g/mol. The van der Waals surface area contributed by atoms with E-state index in [1.54, 1.807) is 6.92 Å². The van der Waals surface area contributed by atoms with Crippen LogP contribution in [0.2, 0.25) is 0 Å². The molecule has 2 saturated carbocycles. The third kappa shape index (κ3) is 4.20. The highest BCUT2D eigenvalue weighted by atomic mass is 16.5. The number of ketones is 1. The summed E-state index contributed by atoms with van der Waals surface area (Å²) in [6, 6.07) is 0. The van der Waals surface area contributed by atoms with Crippen molar-refractivity contribution in [1.29, 1.82) is 0 Å². The maximum atomic E-state index is 13.9. The molecule has 9 atom stereocenters. The monoisotopic (exact) mass is 528 g/mol. The number of Topliss-reactive ketones (excluding diaryl/α,β-unsaturated/α-hetero) is 1. The Morgan fingerprint density at radius 3 is 2.37 bits per heavy atom. The maximum Gasteiger partial charge on any atom is 0.312 e. The summed E-state index contributed by atoms with van der Waals surface area (Å²) in [6.45, 7) is 18.2. The largest absolute Gasteiger partial charge is 0.481 e. The molecule has 4 rings (SSSR count). The molecule has 0 spiro atoms. The minimum absolute atomic E-state index is 0.0985. The molecule has 0 unspecified atom stereocenters. The van der Waals surface area contributed by atoms with Gasteiger partial charge in [-0.15, -0.1) is 0 Å². The molecule has 0 heterocycles. The predicted molar refractivity (Wildman–Crippen MR) is 146 cm³/mol. The number of esters is 1. The van der Waals surface area contributed by atoms with Crippen LogP contribution in [-0.2, 0) is 19.1 Å². The minimum atomic E-state index is -1.25. The number of carboxylic acids is 1. The van der Waals surface area contributed by atoms with Crippen molar-refractivity contribution in [3.63, 3.8) is 0 Å². The van der Waals surface area contributed by atoms with Gasteiger partial charge in [-0.05, 0) is 74.5 Å². The van der Waals surface area contributed by atoms with Crippen LogP contribution in [0.5, 0.6) is 0 Å². The van der Waals surface area contributed by atoms with E-state index in [0.717, 1.165) is 18.4 Å². The second-order valence-corrected chi connectivity index (χ2v) is 13.9. The Labute approximate surface area is 228 Å². The fourth-order valence-electron chi connectivity index (χ4n) is 9.18. The van der Waals surface area contributed by atoms with Gasteiger partial charge in [0, 0.05) is 31.1 Å². The number of carbonyl (C=O) groups excluding carboxylic acids is 2. The summed E-state index contributed by atoms with van der Waals surface area (Å²) in [5.41, 5.74) is 1.31. The van der Waals surface area contributed by atoms with Crippen molar-refractivity contribution in [2.75, 3.05) is 0 Å². The molecule has 0 bridgehead atoms. The van der Waals surface area contributed by atoms with Crippen LogP contribution < -0.4 is 0 Å². The zero-order valence-electron chi connectivity index (χ0n) is 24.4. The summed E-state index contributed by atoms with van der Waals surface area (Å²) in [7, 11) is 0. The zero-order valence-corrected chi connectivity index (χ0v) is 24.4. The Kier molecular flexibility index (Phi) is 7.57. The minimum Gasteiger partial charge on any atom is -0.481 e. The van der Waals surface area contributed by atoms with E-state index < -0.39 is 34.4 Å². The summed E-state index contributed by atoms with van der Waals surface area (Å²) in [6.07, 6.45) is 3.93. The summed E-state index contributed by atoms with van der Waals surface area (Å²) in [4.78, 5) is 38.8. The molecule has 6 heteroatoms. The summed E-state index contributed by atoms with van der Waals surface area (Å²) in [5, 5.41) is 21.1. The molecule has 38 heavy (non-hydrogen) atoms. The number of allylic oxidation sites excluding steroid dienone is 2. The van der Waals surface area contributed by atoms with Crippen LogP contribution in [0.25, 0.3) is 0 Å². The van der Waals surface area contributed by atoms with Gasteiger partial charge < -0.3 is 14.9 Å². The summed E-state index contributed by atoms with van der Waals surface area (Å²) in [5.74, 6) is -0.828. The first-order valence-electron chi connectivity index (χ1n) is 14.6. The van der Waals surface area contributed by atoms with Crippen LogP contribution in [0.1, 0.15) is 99.8 Å². The number of aliphatic hydroxyl groups is 1. The lowest BCUT2D eigenvalue weighted by molar-refractivity contribution is -0.177. The fourth-order valence-corrected chi connectivity index (χ4v) is 9.18. The average molecular weight is 529 g/mol. The van der Waals surface area contributed by atoms with Gasteiger partial charge in [0.2, 0.25) is 0 Å². The Balaban J connectivity index is 1.77. The Bertz CT molecular complexity index is 1060. The zero-order chi connectivity index (χ0) is 28.4. The number of hydrogen-bond acceptors (Lipinski definition) is 5. The van der Waals surface area contributed by atoms with Crippen LogP contribution in [0.15, 0.2) is 23.3 Å². The van der Waals surface area contributed by atoms with E-state index >= 15 is 0 Å². The number of aliphatic carboxylic acids is 1. The molecule has 0 aromatic rings. The molecule has 2 fully saturated rings. The van der Waals surface area contributed by atoms with Crippen molar-refractivity contribution in [3.8, 4) is 0 Å². The van der Waals surface area contributed by atoms with Crippen LogP contribution in [-0.4, -0.2) is 40.1 Å². The summed E-state index contributed by atoms with van der Waals surface area (Å²) < 4.78 is 6.09. The lowest BCUT2D eigenvalue weighted by Crippen LogP contribution is -2.59. The molecule has 0 amide bonds. The first kappa shape index (κ1) is 29.0. The third-order valence-corrected chi connectivity index (χ3v) is 11.7. The normalized spacial score (nSPS) is 41.3. The number of carboxylic acid groups (broad SMARTS) is 1. The highest BCUT2D eigenvalue weighted by Gasteiger charge is 2.66. The molecule has 0 aromatic carbocycles. The molecule has 2 N–H and O–H groups in total. The number of ether oxygens (including phenoxy) is 1. The van der Waals surface area contributed by atoms with Crippen molar-refractivity contribution in [1.82, 2.24) is 0 Å². The van der Waals surface area contributed by atoms with Crippen molar-refractivity contribution in [3.05, 3.63) is 23.3 Å². The average Bonchev–Trinajstić information content (AvgIpc) is 3.11. The van der Waals surface area contributed by atoms with Gasteiger partial charge in [0.15, 0.2) is 0 Å².